The van der Waals surface area contributed by atoms with Crippen molar-refractivity contribution in [3.8, 4) is 5.75 Å². The van der Waals surface area contributed by atoms with Crippen LogP contribution in [0.4, 0.5) is 8.78 Å². The van der Waals surface area contributed by atoms with Crippen molar-refractivity contribution in [2.75, 3.05) is 13.2 Å². The van der Waals surface area contributed by atoms with Gasteiger partial charge in [-0.25, -0.2) is 8.78 Å². The molecule has 0 saturated carbocycles. The van der Waals surface area contributed by atoms with Crippen molar-refractivity contribution < 1.29 is 18.6 Å². The Bertz CT molecular complexity index is 342. The third-order valence-electron chi connectivity index (χ3n) is 1.87. The maximum Gasteiger partial charge on any atom is 0.165 e. The van der Waals surface area contributed by atoms with E-state index in [4.69, 9.17) is 10.5 Å². The summed E-state index contributed by atoms with van der Waals surface area (Å²) < 4.78 is 30.7. The van der Waals surface area contributed by atoms with E-state index in [0.29, 0.717) is 0 Å². The van der Waals surface area contributed by atoms with E-state index < -0.39 is 17.2 Å². The number of halogens is 2. The average Bonchev–Trinajstić information content (AvgIpc) is 2.20. The van der Waals surface area contributed by atoms with E-state index in [1.54, 1.807) is 0 Å². The van der Waals surface area contributed by atoms with Crippen molar-refractivity contribution in [2.24, 2.45) is 5.73 Å². The molecule has 0 aliphatic rings. The fraction of sp³-hybridized carbons (Fsp3) is 0.400. The topological polar surface area (TPSA) is 55.5 Å². The van der Waals surface area contributed by atoms with E-state index in [1.165, 1.54) is 6.92 Å². The van der Waals surface area contributed by atoms with Gasteiger partial charge in [-0.05, 0) is 19.1 Å². The highest BCUT2D eigenvalue weighted by Crippen LogP contribution is 2.19. The van der Waals surface area contributed by atoms with Crippen molar-refractivity contribution in [1.29, 1.82) is 0 Å². The van der Waals surface area contributed by atoms with E-state index >= 15 is 0 Å². The highest BCUT2D eigenvalue weighted by molar-refractivity contribution is 5.24. The molecule has 1 atom stereocenters. The Morgan fingerprint density at radius 3 is 2.73 bits per heavy atom. The molecule has 0 amide bonds. The lowest BCUT2D eigenvalue weighted by Gasteiger charge is -2.21. The second kappa shape index (κ2) is 4.55. The maximum atomic E-state index is 13.0. The standard InChI is InChI=1S/C10H13F2NO2/c1-10(14,5-13)6-15-9-4-7(11)2-3-8(9)12/h2-4,14H,5-6,13H2,1H3. The van der Waals surface area contributed by atoms with Gasteiger partial charge in [-0.3, -0.25) is 0 Å². The molecule has 5 heteroatoms. The third kappa shape index (κ3) is 3.45. The second-order valence-corrected chi connectivity index (χ2v) is 3.56. The molecule has 0 aromatic heterocycles. The zero-order valence-electron chi connectivity index (χ0n) is 8.34. The number of ether oxygens (including phenoxy) is 1. The van der Waals surface area contributed by atoms with Crippen LogP contribution < -0.4 is 10.5 Å². The average molecular weight is 217 g/mol. The summed E-state index contributed by atoms with van der Waals surface area (Å²) in [5.74, 6) is -1.51. The number of nitrogens with two attached hydrogens (primary N) is 1. The molecule has 0 radical (unpaired) electrons. The fourth-order valence-electron chi connectivity index (χ4n) is 0.880. The van der Waals surface area contributed by atoms with Crippen LogP contribution in [0.1, 0.15) is 6.92 Å². The highest BCUT2D eigenvalue weighted by Gasteiger charge is 2.19. The molecule has 84 valence electrons. The summed E-state index contributed by atoms with van der Waals surface area (Å²) in [7, 11) is 0. The molecular formula is C10H13F2NO2. The lowest BCUT2D eigenvalue weighted by atomic mass is 10.1. The second-order valence-electron chi connectivity index (χ2n) is 3.56. The van der Waals surface area contributed by atoms with Crippen LogP contribution in [0.2, 0.25) is 0 Å². The molecule has 0 heterocycles. The first-order valence-corrected chi connectivity index (χ1v) is 4.45. The van der Waals surface area contributed by atoms with Crippen LogP contribution >= 0.6 is 0 Å². The van der Waals surface area contributed by atoms with E-state index in [2.05, 4.69) is 0 Å². The minimum Gasteiger partial charge on any atom is -0.487 e. The van der Waals surface area contributed by atoms with Crippen LogP contribution in [0.5, 0.6) is 5.75 Å². The molecule has 0 spiro atoms. The van der Waals surface area contributed by atoms with Gasteiger partial charge in [0.1, 0.15) is 18.0 Å². The van der Waals surface area contributed by atoms with E-state index in [0.717, 1.165) is 18.2 Å². The summed E-state index contributed by atoms with van der Waals surface area (Å²) in [4.78, 5) is 0. The van der Waals surface area contributed by atoms with Crippen molar-refractivity contribution >= 4 is 0 Å². The lowest BCUT2D eigenvalue weighted by Crippen LogP contribution is -2.40. The summed E-state index contributed by atoms with van der Waals surface area (Å²) >= 11 is 0. The van der Waals surface area contributed by atoms with Crippen molar-refractivity contribution in [3.05, 3.63) is 29.8 Å². The SMILES string of the molecule is CC(O)(CN)COc1cc(F)ccc1F. The van der Waals surface area contributed by atoms with Gasteiger partial charge in [0.15, 0.2) is 11.6 Å². The Balaban J connectivity index is 2.69. The Morgan fingerprint density at radius 1 is 1.47 bits per heavy atom. The molecule has 0 bridgehead atoms. The predicted octanol–water partition coefficient (Wildman–Crippen LogP) is 1.05. The zero-order chi connectivity index (χ0) is 11.5. The van der Waals surface area contributed by atoms with Crippen LogP contribution in [0.15, 0.2) is 18.2 Å². The monoisotopic (exact) mass is 217 g/mol. The predicted molar refractivity (Wildman–Crippen MR) is 51.5 cm³/mol. The first kappa shape index (κ1) is 11.9. The number of hydrogen-bond donors (Lipinski definition) is 2. The molecule has 15 heavy (non-hydrogen) atoms. The lowest BCUT2D eigenvalue weighted by molar-refractivity contribution is 0.0182. The molecule has 0 aliphatic heterocycles. The molecule has 3 N–H and O–H groups in total. The molecule has 1 rings (SSSR count). The van der Waals surface area contributed by atoms with Gasteiger partial charge in [0, 0.05) is 12.6 Å². The summed E-state index contributed by atoms with van der Waals surface area (Å²) in [5, 5.41) is 9.48. The van der Waals surface area contributed by atoms with Gasteiger partial charge < -0.3 is 15.6 Å². The van der Waals surface area contributed by atoms with E-state index in [9.17, 15) is 13.9 Å². The fourth-order valence-corrected chi connectivity index (χ4v) is 0.880. The van der Waals surface area contributed by atoms with Crippen molar-refractivity contribution in [1.82, 2.24) is 0 Å². The quantitative estimate of drug-likeness (QED) is 0.792. The first-order valence-electron chi connectivity index (χ1n) is 4.45. The van der Waals surface area contributed by atoms with Gasteiger partial charge in [0.2, 0.25) is 0 Å². The van der Waals surface area contributed by atoms with Gasteiger partial charge in [-0.2, -0.15) is 0 Å². The van der Waals surface area contributed by atoms with Crippen LogP contribution in [0.3, 0.4) is 0 Å². The smallest absolute Gasteiger partial charge is 0.165 e. The molecule has 1 unspecified atom stereocenters. The van der Waals surface area contributed by atoms with E-state index in [1.807, 2.05) is 0 Å². The van der Waals surface area contributed by atoms with E-state index in [-0.39, 0.29) is 18.9 Å². The van der Waals surface area contributed by atoms with Crippen molar-refractivity contribution in [2.45, 2.75) is 12.5 Å². The molecular weight excluding hydrogens is 204 g/mol. The Kier molecular flexibility index (Phi) is 3.60. The van der Waals surface area contributed by atoms with Crippen LogP contribution in [-0.2, 0) is 0 Å². The normalized spacial score (nSPS) is 14.7. The number of aliphatic hydroxyl groups is 1. The Labute approximate surface area is 86.5 Å². The maximum absolute atomic E-state index is 13.0. The summed E-state index contributed by atoms with van der Waals surface area (Å²) in [6, 6.07) is 2.87. The van der Waals surface area contributed by atoms with Crippen LogP contribution in [0.25, 0.3) is 0 Å². The first-order chi connectivity index (χ1) is 6.94. The molecule has 0 fully saturated rings. The zero-order valence-corrected chi connectivity index (χ0v) is 8.34. The van der Waals surface area contributed by atoms with Crippen molar-refractivity contribution in [3.63, 3.8) is 0 Å². The van der Waals surface area contributed by atoms with Gasteiger partial charge in [-0.1, -0.05) is 0 Å². The van der Waals surface area contributed by atoms with Gasteiger partial charge in [-0.15, -0.1) is 0 Å². The molecule has 0 saturated heterocycles. The van der Waals surface area contributed by atoms with Crippen LogP contribution in [-0.4, -0.2) is 23.9 Å². The number of rotatable bonds is 4. The molecule has 0 aliphatic carbocycles. The Morgan fingerprint density at radius 2 is 2.13 bits per heavy atom. The minimum absolute atomic E-state index is 0.0239. The molecule has 1 aromatic rings. The number of hydrogen-bond acceptors (Lipinski definition) is 3. The minimum atomic E-state index is -1.25. The molecule has 3 nitrogen and oxygen atoms in total. The summed E-state index contributed by atoms with van der Waals surface area (Å²) in [6.45, 7) is 1.23. The summed E-state index contributed by atoms with van der Waals surface area (Å²) in [5.41, 5.74) is 3.99. The highest BCUT2D eigenvalue weighted by atomic mass is 19.1. The third-order valence-corrected chi connectivity index (χ3v) is 1.87. The molecule has 1 aromatic carbocycles. The van der Waals surface area contributed by atoms with Crippen LogP contribution in [0, 0.1) is 11.6 Å². The number of benzene rings is 1. The van der Waals surface area contributed by atoms with Gasteiger partial charge in [0.25, 0.3) is 0 Å². The Hall–Kier alpha value is -1.20. The van der Waals surface area contributed by atoms with Gasteiger partial charge in [0.05, 0.1) is 0 Å². The largest absolute Gasteiger partial charge is 0.487 e. The summed E-state index contributed by atoms with van der Waals surface area (Å²) in [6.07, 6.45) is 0. The van der Waals surface area contributed by atoms with Gasteiger partial charge >= 0.3 is 0 Å².